The first-order valence-corrected chi connectivity index (χ1v) is 5.74. The van der Waals surface area contributed by atoms with E-state index in [0.29, 0.717) is 6.54 Å². The summed E-state index contributed by atoms with van der Waals surface area (Å²) in [6.07, 6.45) is 3.12. The molecule has 2 rings (SSSR count). The summed E-state index contributed by atoms with van der Waals surface area (Å²) >= 11 is 0. The lowest BCUT2D eigenvalue weighted by molar-refractivity contribution is 0.0676. The number of carbonyl (C=O) groups excluding carboxylic acids is 1. The molecule has 1 unspecified atom stereocenters. The van der Waals surface area contributed by atoms with Crippen LogP contribution in [-0.2, 0) is 0 Å². The molecule has 2 heterocycles. The second kappa shape index (κ2) is 4.71. The van der Waals surface area contributed by atoms with Crippen molar-refractivity contribution in [1.29, 1.82) is 0 Å². The molecule has 1 aromatic heterocycles. The summed E-state index contributed by atoms with van der Waals surface area (Å²) in [5.41, 5.74) is 0.609. The lowest BCUT2D eigenvalue weighted by Crippen LogP contribution is -2.39. The average Bonchev–Trinajstić information content (AvgIpc) is 2.76. The molecule has 0 aromatic carbocycles. The fourth-order valence-electron chi connectivity index (χ4n) is 2.19. The van der Waals surface area contributed by atoms with Gasteiger partial charge in [-0.1, -0.05) is 0 Å². The molecule has 2 N–H and O–H groups in total. The van der Waals surface area contributed by atoms with E-state index in [-0.39, 0.29) is 29.5 Å². The van der Waals surface area contributed by atoms with Crippen LogP contribution in [0.5, 0.6) is 0 Å². The maximum Gasteiger partial charge on any atom is 0.259 e. The van der Waals surface area contributed by atoms with E-state index in [2.05, 4.69) is 4.98 Å². The molecule has 0 aliphatic carbocycles. The van der Waals surface area contributed by atoms with Crippen molar-refractivity contribution >= 4 is 5.91 Å². The Balaban J connectivity index is 2.28. The second-order valence-electron chi connectivity index (χ2n) is 4.37. The number of nitrogens with one attached hydrogen (secondary N) is 1. The van der Waals surface area contributed by atoms with Crippen molar-refractivity contribution in [3.8, 4) is 0 Å². The van der Waals surface area contributed by atoms with Crippen LogP contribution < -0.4 is 5.43 Å². The van der Waals surface area contributed by atoms with Gasteiger partial charge in [-0.15, -0.1) is 0 Å². The number of amides is 1. The molecule has 17 heavy (non-hydrogen) atoms. The molecule has 1 saturated heterocycles. The number of carbonyl (C=O) groups is 1. The van der Waals surface area contributed by atoms with E-state index in [4.69, 9.17) is 5.11 Å². The summed E-state index contributed by atoms with van der Waals surface area (Å²) in [6, 6.07) is 1.26. The number of aliphatic hydroxyl groups excluding tert-OH is 1. The first-order chi connectivity index (χ1) is 8.13. The molecule has 1 atom stereocenters. The molecule has 1 aliphatic rings. The van der Waals surface area contributed by atoms with Gasteiger partial charge in [0.1, 0.15) is 5.56 Å². The molecule has 5 heteroatoms. The van der Waals surface area contributed by atoms with Gasteiger partial charge in [-0.3, -0.25) is 9.59 Å². The highest BCUT2D eigenvalue weighted by Crippen LogP contribution is 2.18. The van der Waals surface area contributed by atoms with E-state index in [1.807, 2.05) is 0 Å². The Morgan fingerprint density at radius 3 is 3.06 bits per heavy atom. The maximum atomic E-state index is 12.1. The van der Waals surface area contributed by atoms with Gasteiger partial charge in [0, 0.05) is 24.5 Å². The molecular weight excluding hydrogens is 220 g/mol. The Morgan fingerprint density at radius 2 is 2.41 bits per heavy atom. The van der Waals surface area contributed by atoms with Crippen LogP contribution in [0.4, 0.5) is 0 Å². The van der Waals surface area contributed by atoms with Gasteiger partial charge >= 0.3 is 0 Å². The van der Waals surface area contributed by atoms with Crippen LogP contribution in [-0.4, -0.2) is 40.1 Å². The third-order valence-electron chi connectivity index (χ3n) is 3.14. The highest BCUT2D eigenvalue weighted by molar-refractivity contribution is 5.94. The van der Waals surface area contributed by atoms with Crippen molar-refractivity contribution in [2.45, 2.75) is 25.8 Å². The summed E-state index contributed by atoms with van der Waals surface area (Å²) in [7, 11) is 0. The molecule has 0 saturated carbocycles. The van der Waals surface area contributed by atoms with E-state index in [9.17, 15) is 9.59 Å². The largest absolute Gasteiger partial charge is 0.394 e. The molecule has 92 valence electrons. The van der Waals surface area contributed by atoms with Crippen LogP contribution in [0.25, 0.3) is 0 Å². The lowest BCUT2D eigenvalue weighted by atomic mass is 10.2. The molecule has 0 radical (unpaired) electrons. The quantitative estimate of drug-likeness (QED) is 0.774. The molecule has 1 fully saturated rings. The molecule has 5 nitrogen and oxygen atoms in total. The Bertz CT molecular complexity index is 481. The predicted molar refractivity (Wildman–Crippen MR) is 62.9 cm³/mol. The SMILES string of the molecule is Cc1cc(=O)c(C(=O)N2CCCC2CO)c[nH]1. The van der Waals surface area contributed by atoms with Gasteiger partial charge in [0.15, 0.2) is 5.43 Å². The Morgan fingerprint density at radius 1 is 1.65 bits per heavy atom. The van der Waals surface area contributed by atoms with Gasteiger partial charge < -0.3 is 15.0 Å². The van der Waals surface area contributed by atoms with Crippen LogP contribution in [0.3, 0.4) is 0 Å². The van der Waals surface area contributed by atoms with Crippen molar-refractivity contribution in [2.75, 3.05) is 13.2 Å². The minimum absolute atomic E-state index is 0.0461. The number of rotatable bonds is 2. The highest BCUT2D eigenvalue weighted by atomic mass is 16.3. The minimum Gasteiger partial charge on any atom is -0.394 e. The van der Waals surface area contributed by atoms with E-state index >= 15 is 0 Å². The number of aryl methyl sites for hydroxylation is 1. The Hall–Kier alpha value is -1.62. The van der Waals surface area contributed by atoms with Crippen LogP contribution >= 0.6 is 0 Å². The monoisotopic (exact) mass is 236 g/mol. The van der Waals surface area contributed by atoms with Crippen molar-refractivity contribution in [3.63, 3.8) is 0 Å². The predicted octanol–water partition coefficient (Wildman–Crippen LogP) is 0.280. The molecule has 1 amide bonds. The zero-order valence-electron chi connectivity index (χ0n) is 9.77. The van der Waals surface area contributed by atoms with Gasteiger partial charge in [-0.2, -0.15) is 0 Å². The number of aromatic nitrogens is 1. The van der Waals surface area contributed by atoms with Crippen molar-refractivity contribution in [2.24, 2.45) is 0 Å². The van der Waals surface area contributed by atoms with Crippen LogP contribution in [0.1, 0.15) is 28.9 Å². The van der Waals surface area contributed by atoms with Crippen LogP contribution in [0, 0.1) is 6.92 Å². The van der Waals surface area contributed by atoms with Gasteiger partial charge in [-0.05, 0) is 19.8 Å². The fraction of sp³-hybridized carbons (Fsp3) is 0.500. The molecule has 1 aromatic rings. The standard InChI is InChI=1S/C12H16N2O3/c1-8-5-11(16)10(6-13-8)12(17)14-4-2-3-9(14)7-15/h5-6,9,15H,2-4,7H2,1H3,(H,13,16). The zero-order valence-corrected chi connectivity index (χ0v) is 9.77. The second-order valence-corrected chi connectivity index (χ2v) is 4.37. The molecular formula is C12H16N2O3. The van der Waals surface area contributed by atoms with Gasteiger partial charge in [-0.25, -0.2) is 0 Å². The number of H-pyrrole nitrogens is 1. The van der Waals surface area contributed by atoms with Crippen molar-refractivity contribution < 1.29 is 9.90 Å². The summed E-state index contributed by atoms with van der Waals surface area (Å²) in [5, 5.41) is 9.17. The number of likely N-dealkylation sites (tertiary alicyclic amines) is 1. The number of hydrogen-bond acceptors (Lipinski definition) is 3. The van der Waals surface area contributed by atoms with E-state index in [1.165, 1.54) is 12.3 Å². The summed E-state index contributed by atoms with van der Waals surface area (Å²) in [5.74, 6) is -0.289. The normalized spacial score (nSPS) is 19.6. The third kappa shape index (κ3) is 2.24. The number of nitrogens with zero attached hydrogens (tertiary/aromatic N) is 1. The van der Waals surface area contributed by atoms with E-state index < -0.39 is 0 Å². The zero-order chi connectivity index (χ0) is 12.4. The van der Waals surface area contributed by atoms with Crippen LogP contribution in [0.15, 0.2) is 17.1 Å². The molecule has 1 aliphatic heterocycles. The number of aliphatic hydroxyl groups is 1. The van der Waals surface area contributed by atoms with Crippen LogP contribution in [0.2, 0.25) is 0 Å². The smallest absolute Gasteiger partial charge is 0.259 e. The highest BCUT2D eigenvalue weighted by Gasteiger charge is 2.29. The summed E-state index contributed by atoms with van der Waals surface area (Å²) < 4.78 is 0. The van der Waals surface area contributed by atoms with E-state index in [1.54, 1.807) is 11.8 Å². The topological polar surface area (TPSA) is 73.4 Å². The minimum atomic E-state index is -0.289. The van der Waals surface area contributed by atoms with Crippen molar-refractivity contribution in [3.05, 3.63) is 33.7 Å². The Kier molecular flexibility index (Phi) is 3.28. The molecule has 0 spiro atoms. The van der Waals surface area contributed by atoms with Gasteiger partial charge in [0.2, 0.25) is 0 Å². The summed E-state index contributed by atoms with van der Waals surface area (Å²) in [6.45, 7) is 2.33. The summed E-state index contributed by atoms with van der Waals surface area (Å²) in [4.78, 5) is 28.3. The first-order valence-electron chi connectivity index (χ1n) is 5.74. The average molecular weight is 236 g/mol. The first kappa shape index (κ1) is 11.9. The lowest BCUT2D eigenvalue weighted by Gasteiger charge is -2.22. The Labute approximate surface area is 99.1 Å². The fourth-order valence-corrected chi connectivity index (χ4v) is 2.19. The van der Waals surface area contributed by atoms with Gasteiger partial charge in [0.25, 0.3) is 5.91 Å². The maximum absolute atomic E-state index is 12.1. The number of pyridine rings is 1. The van der Waals surface area contributed by atoms with Crippen molar-refractivity contribution in [1.82, 2.24) is 9.88 Å². The number of aromatic amines is 1. The third-order valence-corrected chi connectivity index (χ3v) is 3.14. The molecule has 0 bridgehead atoms. The van der Waals surface area contributed by atoms with Gasteiger partial charge in [0.05, 0.1) is 12.6 Å². The number of hydrogen-bond donors (Lipinski definition) is 2. The van der Waals surface area contributed by atoms with E-state index in [0.717, 1.165) is 18.5 Å².